The number of nitrogens with zero attached hydrogens (tertiary/aromatic N) is 4. The van der Waals surface area contributed by atoms with E-state index in [-0.39, 0.29) is 12.1 Å². The van der Waals surface area contributed by atoms with Gasteiger partial charge in [0.25, 0.3) is 0 Å². The molecule has 0 saturated heterocycles. The molecule has 2 unspecified atom stereocenters. The zero-order valence-corrected chi connectivity index (χ0v) is 11.9. The molecule has 0 amide bonds. The molecule has 3 rings (SSSR count). The van der Waals surface area contributed by atoms with Crippen LogP contribution < -0.4 is 5.73 Å². The summed E-state index contributed by atoms with van der Waals surface area (Å²) in [5.74, 6) is 0.659. The summed E-state index contributed by atoms with van der Waals surface area (Å²) in [6.45, 7) is 0. The highest BCUT2D eigenvalue weighted by atomic mass is 35.5. The van der Waals surface area contributed by atoms with E-state index >= 15 is 0 Å². The lowest BCUT2D eigenvalue weighted by atomic mass is 10.1. The lowest BCUT2D eigenvalue weighted by molar-refractivity contribution is 0.105. The summed E-state index contributed by atoms with van der Waals surface area (Å²) in [6, 6.07) is 5.55. The van der Waals surface area contributed by atoms with Crippen molar-refractivity contribution in [3.63, 3.8) is 0 Å². The summed E-state index contributed by atoms with van der Waals surface area (Å²) in [4.78, 5) is 0. The summed E-state index contributed by atoms with van der Waals surface area (Å²) in [6.07, 6.45) is 3.20. The number of anilines is 1. The monoisotopic (exact) mass is 293 g/mol. The molecule has 1 aliphatic rings. The number of hydrogen-bond acceptors (Lipinski definition) is 5. The van der Waals surface area contributed by atoms with Crippen molar-refractivity contribution < 1.29 is 4.74 Å². The molecule has 7 heteroatoms. The number of ether oxygens (including phenoxy) is 1. The molecule has 0 bridgehead atoms. The number of nitrogens with two attached hydrogens (primary N) is 1. The van der Waals surface area contributed by atoms with Crippen molar-refractivity contribution in [2.24, 2.45) is 0 Å². The van der Waals surface area contributed by atoms with Crippen molar-refractivity contribution in [2.75, 3.05) is 12.8 Å². The van der Waals surface area contributed by atoms with Crippen LogP contribution >= 0.6 is 11.6 Å². The van der Waals surface area contributed by atoms with Crippen LogP contribution in [0.15, 0.2) is 18.2 Å². The molecular weight excluding hydrogens is 278 g/mol. The Morgan fingerprint density at radius 2 is 2.25 bits per heavy atom. The summed E-state index contributed by atoms with van der Waals surface area (Å²) in [7, 11) is 1.74. The van der Waals surface area contributed by atoms with Crippen molar-refractivity contribution in [1.82, 2.24) is 20.2 Å². The second-order valence-electron chi connectivity index (χ2n) is 5.00. The number of aromatic nitrogens is 4. The Kier molecular flexibility index (Phi) is 3.58. The molecule has 106 valence electrons. The SMILES string of the molecule is COC1CCC(n2nnnc2-c2cc(Cl)ccc2N)C1. The van der Waals surface area contributed by atoms with E-state index in [0.29, 0.717) is 16.5 Å². The van der Waals surface area contributed by atoms with Crippen LogP contribution in [-0.2, 0) is 4.74 Å². The minimum absolute atomic E-state index is 0.239. The van der Waals surface area contributed by atoms with Gasteiger partial charge in [0.05, 0.1) is 12.1 Å². The van der Waals surface area contributed by atoms with E-state index in [4.69, 9.17) is 22.1 Å². The molecule has 0 radical (unpaired) electrons. The Balaban J connectivity index is 1.96. The van der Waals surface area contributed by atoms with Crippen LogP contribution in [-0.4, -0.2) is 33.4 Å². The van der Waals surface area contributed by atoms with E-state index in [1.165, 1.54) is 0 Å². The maximum atomic E-state index is 6.04. The molecular formula is C13H16ClN5O. The standard InChI is InChI=1S/C13H16ClN5O/c1-20-10-4-3-9(7-10)19-13(16-17-18-19)11-6-8(14)2-5-12(11)15/h2,5-6,9-10H,3-4,7,15H2,1H3. The van der Waals surface area contributed by atoms with E-state index in [1.807, 2.05) is 4.68 Å². The molecule has 1 aromatic heterocycles. The Morgan fingerprint density at radius 1 is 1.40 bits per heavy atom. The lowest BCUT2D eigenvalue weighted by Crippen LogP contribution is -2.12. The zero-order valence-electron chi connectivity index (χ0n) is 11.2. The molecule has 6 nitrogen and oxygen atoms in total. The minimum Gasteiger partial charge on any atom is -0.398 e. The van der Waals surface area contributed by atoms with Gasteiger partial charge in [0.1, 0.15) is 0 Å². The minimum atomic E-state index is 0.239. The van der Waals surface area contributed by atoms with Gasteiger partial charge in [0, 0.05) is 23.4 Å². The first kappa shape index (κ1) is 13.3. The summed E-state index contributed by atoms with van der Waals surface area (Å²) in [5, 5.41) is 12.6. The van der Waals surface area contributed by atoms with Gasteiger partial charge in [-0.3, -0.25) is 0 Å². The topological polar surface area (TPSA) is 78.8 Å². The average molecular weight is 294 g/mol. The molecule has 2 aromatic rings. The van der Waals surface area contributed by atoms with Crippen LogP contribution in [0.4, 0.5) is 5.69 Å². The predicted octanol–water partition coefficient (Wildman–Crippen LogP) is 2.32. The van der Waals surface area contributed by atoms with Gasteiger partial charge in [-0.1, -0.05) is 11.6 Å². The molecule has 1 aromatic carbocycles. The number of halogens is 1. The quantitative estimate of drug-likeness (QED) is 0.879. The highest BCUT2D eigenvalue weighted by Crippen LogP contribution is 2.35. The van der Waals surface area contributed by atoms with Gasteiger partial charge in [-0.05, 0) is 47.9 Å². The van der Waals surface area contributed by atoms with Crippen molar-refractivity contribution in [1.29, 1.82) is 0 Å². The zero-order chi connectivity index (χ0) is 14.1. The summed E-state index contributed by atoms with van der Waals surface area (Å²) < 4.78 is 7.23. The van der Waals surface area contributed by atoms with E-state index in [0.717, 1.165) is 24.8 Å². The maximum Gasteiger partial charge on any atom is 0.184 e. The predicted molar refractivity (Wildman–Crippen MR) is 76.4 cm³/mol. The van der Waals surface area contributed by atoms with Crippen molar-refractivity contribution >= 4 is 17.3 Å². The molecule has 0 spiro atoms. The number of hydrogen-bond donors (Lipinski definition) is 1. The number of methoxy groups -OCH3 is 1. The van der Waals surface area contributed by atoms with Crippen LogP contribution in [0.25, 0.3) is 11.4 Å². The number of benzene rings is 1. The van der Waals surface area contributed by atoms with Gasteiger partial charge in [0.2, 0.25) is 0 Å². The van der Waals surface area contributed by atoms with Crippen LogP contribution in [0.1, 0.15) is 25.3 Å². The Morgan fingerprint density at radius 3 is 3.00 bits per heavy atom. The number of nitrogen functional groups attached to an aromatic ring is 1. The third kappa shape index (κ3) is 2.36. The Hall–Kier alpha value is -1.66. The largest absolute Gasteiger partial charge is 0.398 e. The highest BCUT2D eigenvalue weighted by molar-refractivity contribution is 6.31. The first-order chi connectivity index (χ1) is 9.69. The van der Waals surface area contributed by atoms with E-state index in [2.05, 4.69) is 15.5 Å². The van der Waals surface area contributed by atoms with E-state index in [1.54, 1.807) is 25.3 Å². The van der Waals surface area contributed by atoms with Gasteiger partial charge in [-0.2, -0.15) is 0 Å². The smallest absolute Gasteiger partial charge is 0.184 e. The molecule has 1 heterocycles. The van der Waals surface area contributed by atoms with Crippen LogP contribution in [0.3, 0.4) is 0 Å². The van der Waals surface area contributed by atoms with Crippen molar-refractivity contribution in [3.05, 3.63) is 23.2 Å². The summed E-state index contributed by atoms with van der Waals surface area (Å²) in [5.41, 5.74) is 7.39. The Labute approximate surface area is 121 Å². The number of tetrazole rings is 1. The van der Waals surface area contributed by atoms with Gasteiger partial charge >= 0.3 is 0 Å². The first-order valence-electron chi connectivity index (χ1n) is 6.55. The average Bonchev–Trinajstić information content (AvgIpc) is 3.08. The van der Waals surface area contributed by atoms with Crippen molar-refractivity contribution in [2.45, 2.75) is 31.4 Å². The second kappa shape index (κ2) is 5.38. The normalized spacial score (nSPS) is 22.3. The maximum absolute atomic E-state index is 6.04. The molecule has 0 aliphatic heterocycles. The van der Waals surface area contributed by atoms with Gasteiger partial charge in [0.15, 0.2) is 5.82 Å². The lowest BCUT2D eigenvalue weighted by Gasteiger charge is -2.13. The van der Waals surface area contributed by atoms with Crippen LogP contribution in [0.2, 0.25) is 5.02 Å². The molecule has 2 N–H and O–H groups in total. The van der Waals surface area contributed by atoms with Gasteiger partial charge in [-0.15, -0.1) is 5.10 Å². The van der Waals surface area contributed by atoms with Crippen LogP contribution in [0, 0.1) is 0 Å². The fraction of sp³-hybridized carbons (Fsp3) is 0.462. The third-order valence-electron chi connectivity index (χ3n) is 3.79. The third-order valence-corrected chi connectivity index (χ3v) is 4.02. The van der Waals surface area contributed by atoms with Gasteiger partial charge < -0.3 is 10.5 Å². The Bertz CT molecular complexity index is 615. The molecule has 1 saturated carbocycles. The molecule has 1 fully saturated rings. The molecule has 20 heavy (non-hydrogen) atoms. The fourth-order valence-electron chi connectivity index (χ4n) is 2.69. The summed E-state index contributed by atoms with van der Waals surface area (Å²) >= 11 is 6.04. The fourth-order valence-corrected chi connectivity index (χ4v) is 2.86. The van der Waals surface area contributed by atoms with E-state index < -0.39 is 0 Å². The molecule has 1 aliphatic carbocycles. The first-order valence-corrected chi connectivity index (χ1v) is 6.93. The van der Waals surface area contributed by atoms with Crippen molar-refractivity contribution in [3.8, 4) is 11.4 Å². The molecule has 2 atom stereocenters. The van der Waals surface area contributed by atoms with E-state index in [9.17, 15) is 0 Å². The highest BCUT2D eigenvalue weighted by Gasteiger charge is 2.29. The van der Waals surface area contributed by atoms with Crippen LogP contribution in [0.5, 0.6) is 0 Å². The second-order valence-corrected chi connectivity index (χ2v) is 5.44. The number of rotatable bonds is 3. The van der Waals surface area contributed by atoms with Gasteiger partial charge in [-0.25, -0.2) is 4.68 Å².